The number of rotatable bonds is 9. The van der Waals surface area contributed by atoms with Crippen molar-refractivity contribution in [3.05, 3.63) is 24.2 Å². The monoisotopic (exact) mass is 266 g/mol. The van der Waals surface area contributed by atoms with Crippen LogP contribution < -0.4 is 5.43 Å². The van der Waals surface area contributed by atoms with Crippen molar-refractivity contribution in [2.45, 2.75) is 38.5 Å². The summed E-state index contributed by atoms with van der Waals surface area (Å²) in [6.07, 6.45) is 6.63. The van der Waals surface area contributed by atoms with Gasteiger partial charge in [0.2, 0.25) is 5.91 Å². The van der Waals surface area contributed by atoms with Gasteiger partial charge in [0.25, 0.3) is 0 Å². The topological polar surface area (TPSA) is 91.9 Å². The number of furan rings is 1. The molecule has 0 spiro atoms. The molecular weight excluding hydrogens is 248 g/mol. The van der Waals surface area contributed by atoms with Gasteiger partial charge < -0.3 is 9.52 Å². The molecule has 0 aliphatic carbocycles. The van der Waals surface area contributed by atoms with Crippen LogP contribution in [0.3, 0.4) is 0 Å². The van der Waals surface area contributed by atoms with E-state index < -0.39 is 5.97 Å². The standard InChI is InChI=1S/C13H18N2O4/c16-12(7-3-1-2-4-8-13(17)18)15-14-10-11-6-5-9-19-11/h5-6,9-10H,1-4,7-8H2,(H,15,16)(H,17,18)/b14-10+. The van der Waals surface area contributed by atoms with Gasteiger partial charge in [0.1, 0.15) is 5.76 Å². The molecule has 0 aromatic carbocycles. The Morgan fingerprint density at radius 3 is 2.63 bits per heavy atom. The lowest BCUT2D eigenvalue weighted by molar-refractivity contribution is -0.137. The second kappa shape index (κ2) is 8.91. The number of carboxylic acid groups (broad SMARTS) is 1. The Labute approximate surface area is 111 Å². The molecule has 104 valence electrons. The predicted molar refractivity (Wildman–Crippen MR) is 69.8 cm³/mol. The van der Waals surface area contributed by atoms with E-state index in [2.05, 4.69) is 10.5 Å². The number of nitrogens with one attached hydrogen (secondary N) is 1. The lowest BCUT2D eigenvalue weighted by Crippen LogP contribution is -2.16. The van der Waals surface area contributed by atoms with E-state index in [1.807, 2.05) is 0 Å². The molecule has 1 heterocycles. The average molecular weight is 266 g/mol. The molecule has 1 rings (SSSR count). The minimum atomic E-state index is -0.773. The van der Waals surface area contributed by atoms with Gasteiger partial charge in [-0.15, -0.1) is 0 Å². The Morgan fingerprint density at radius 1 is 1.26 bits per heavy atom. The van der Waals surface area contributed by atoms with Gasteiger partial charge in [0.15, 0.2) is 0 Å². The Balaban J connectivity index is 2.00. The smallest absolute Gasteiger partial charge is 0.303 e. The lowest BCUT2D eigenvalue weighted by atomic mass is 10.1. The molecule has 0 saturated carbocycles. The summed E-state index contributed by atoms with van der Waals surface area (Å²) in [5, 5.41) is 12.2. The quantitative estimate of drug-likeness (QED) is 0.407. The maximum absolute atomic E-state index is 11.4. The van der Waals surface area contributed by atoms with E-state index in [-0.39, 0.29) is 12.3 Å². The van der Waals surface area contributed by atoms with Crippen LogP contribution in [-0.2, 0) is 9.59 Å². The van der Waals surface area contributed by atoms with Gasteiger partial charge in [-0.05, 0) is 25.0 Å². The van der Waals surface area contributed by atoms with Crippen molar-refractivity contribution in [2.24, 2.45) is 5.10 Å². The van der Waals surface area contributed by atoms with Crippen molar-refractivity contribution < 1.29 is 19.1 Å². The summed E-state index contributed by atoms with van der Waals surface area (Å²) in [6.45, 7) is 0. The second-order valence-corrected chi connectivity index (χ2v) is 4.12. The van der Waals surface area contributed by atoms with Crippen LogP contribution in [0.4, 0.5) is 0 Å². The fraction of sp³-hybridized carbons (Fsp3) is 0.462. The third-order valence-electron chi connectivity index (χ3n) is 2.47. The number of carboxylic acids is 1. The van der Waals surface area contributed by atoms with Gasteiger partial charge in [-0.1, -0.05) is 12.8 Å². The van der Waals surface area contributed by atoms with Crippen molar-refractivity contribution in [1.82, 2.24) is 5.43 Å². The van der Waals surface area contributed by atoms with Crippen LogP contribution in [0.1, 0.15) is 44.3 Å². The average Bonchev–Trinajstić information content (AvgIpc) is 2.86. The van der Waals surface area contributed by atoms with Crippen molar-refractivity contribution in [2.75, 3.05) is 0 Å². The molecule has 0 fully saturated rings. The van der Waals surface area contributed by atoms with E-state index in [0.29, 0.717) is 18.6 Å². The van der Waals surface area contributed by atoms with Gasteiger partial charge in [-0.2, -0.15) is 5.10 Å². The SMILES string of the molecule is O=C(O)CCCCCCC(=O)N/N=C/c1ccco1. The summed E-state index contributed by atoms with van der Waals surface area (Å²) in [7, 11) is 0. The van der Waals surface area contributed by atoms with Crippen LogP contribution in [-0.4, -0.2) is 23.2 Å². The van der Waals surface area contributed by atoms with Crippen molar-refractivity contribution >= 4 is 18.1 Å². The first-order valence-corrected chi connectivity index (χ1v) is 6.25. The zero-order valence-corrected chi connectivity index (χ0v) is 10.7. The Morgan fingerprint density at radius 2 is 2.00 bits per heavy atom. The number of aliphatic carboxylic acids is 1. The number of carbonyl (C=O) groups excluding carboxylic acids is 1. The summed E-state index contributed by atoms with van der Waals surface area (Å²) >= 11 is 0. The highest BCUT2D eigenvalue weighted by atomic mass is 16.4. The zero-order chi connectivity index (χ0) is 13.9. The minimum absolute atomic E-state index is 0.152. The van der Waals surface area contributed by atoms with Crippen LogP contribution in [0, 0.1) is 0 Å². The van der Waals surface area contributed by atoms with Gasteiger partial charge in [-0.25, -0.2) is 5.43 Å². The van der Waals surface area contributed by atoms with Crippen molar-refractivity contribution in [1.29, 1.82) is 0 Å². The van der Waals surface area contributed by atoms with E-state index in [1.54, 1.807) is 12.1 Å². The fourth-order valence-corrected chi connectivity index (χ4v) is 1.50. The molecule has 0 aliphatic rings. The van der Waals surface area contributed by atoms with Crippen molar-refractivity contribution in [3.8, 4) is 0 Å². The first kappa shape index (κ1) is 14.9. The van der Waals surface area contributed by atoms with Crippen LogP contribution in [0.2, 0.25) is 0 Å². The third-order valence-corrected chi connectivity index (χ3v) is 2.47. The van der Waals surface area contributed by atoms with Crippen LogP contribution in [0.15, 0.2) is 27.9 Å². The molecule has 1 aromatic rings. The van der Waals surface area contributed by atoms with Crippen LogP contribution >= 0.6 is 0 Å². The molecular formula is C13H18N2O4. The number of amides is 1. The fourth-order valence-electron chi connectivity index (χ4n) is 1.50. The molecule has 0 bridgehead atoms. The first-order valence-electron chi connectivity index (χ1n) is 6.25. The van der Waals surface area contributed by atoms with Gasteiger partial charge in [0, 0.05) is 12.8 Å². The van der Waals surface area contributed by atoms with Crippen LogP contribution in [0.25, 0.3) is 0 Å². The highest BCUT2D eigenvalue weighted by Gasteiger charge is 2.00. The maximum atomic E-state index is 11.4. The molecule has 0 atom stereocenters. The molecule has 0 unspecified atom stereocenters. The number of hydrazone groups is 1. The zero-order valence-electron chi connectivity index (χ0n) is 10.7. The summed E-state index contributed by atoms with van der Waals surface area (Å²) in [4.78, 5) is 21.6. The highest BCUT2D eigenvalue weighted by Crippen LogP contribution is 2.05. The number of hydrogen-bond donors (Lipinski definition) is 2. The molecule has 19 heavy (non-hydrogen) atoms. The third kappa shape index (κ3) is 7.75. The number of unbranched alkanes of at least 4 members (excludes halogenated alkanes) is 3. The van der Waals surface area contributed by atoms with E-state index >= 15 is 0 Å². The van der Waals surface area contributed by atoms with E-state index in [4.69, 9.17) is 9.52 Å². The minimum Gasteiger partial charge on any atom is -0.481 e. The molecule has 6 nitrogen and oxygen atoms in total. The van der Waals surface area contributed by atoms with Gasteiger partial charge in [0.05, 0.1) is 12.5 Å². The number of carbonyl (C=O) groups is 2. The summed E-state index contributed by atoms with van der Waals surface area (Å²) in [6, 6.07) is 3.47. The second-order valence-electron chi connectivity index (χ2n) is 4.12. The lowest BCUT2D eigenvalue weighted by Gasteiger charge is -1.99. The molecule has 1 amide bonds. The summed E-state index contributed by atoms with van der Waals surface area (Å²) in [5.74, 6) is -0.347. The van der Waals surface area contributed by atoms with E-state index in [1.165, 1.54) is 12.5 Å². The summed E-state index contributed by atoms with van der Waals surface area (Å²) in [5.41, 5.74) is 2.41. The van der Waals surface area contributed by atoms with Crippen molar-refractivity contribution in [3.63, 3.8) is 0 Å². The molecule has 2 N–H and O–H groups in total. The van der Waals surface area contributed by atoms with E-state index in [0.717, 1.165) is 19.3 Å². The maximum Gasteiger partial charge on any atom is 0.303 e. The Bertz CT molecular complexity index is 412. The Kier molecular flexibility index (Phi) is 7.01. The van der Waals surface area contributed by atoms with E-state index in [9.17, 15) is 9.59 Å². The molecule has 0 aliphatic heterocycles. The highest BCUT2D eigenvalue weighted by molar-refractivity contribution is 5.80. The summed E-state index contributed by atoms with van der Waals surface area (Å²) < 4.78 is 5.01. The molecule has 6 heteroatoms. The number of hydrogen-bond acceptors (Lipinski definition) is 4. The molecule has 0 saturated heterocycles. The molecule has 1 aromatic heterocycles. The van der Waals surface area contributed by atoms with Gasteiger partial charge >= 0.3 is 5.97 Å². The first-order chi connectivity index (χ1) is 9.18. The van der Waals surface area contributed by atoms with Gasteiger partial charge in [-0.3, -0.25) is 9.59 Å². The number of nitrogens with zero attached hydrogens (tertiary/aromatic N) is 1. The Hall–Kier alpha value is -2.11. The predicted octanol–water partition coefficient (Wildman–Crippen LogP) is 2.15. The molecule has 0 radical (unpaired) electrons. The largest absolute Gasteiger partial charge is 0.481 e. The normalized spacial score (nSPS) is 10.7. The van der Waals surface area contributed by atoms with Crippen LogP contribution in [0.5, 0.6) is 0 Å².